The summed E-state index contributed by atoms with van der Waals surface area (Å²) in [6.07, 6.45) is 8.26. The van der Waals surface area contributed by atoms with Gasteiger partial charge in [0.2, 0.25) is 11.8 Å². The summed E-state index contributed by atoms with van der Waals surface area (Å²) in [6.45, 7) is 5.16. The van der Waals surface area contributed by atoms with Crippen molar-refractivity contribution in [1.29, 1.82) is 0 Å². The van der Waals surface area contributed by atoms with Gasteiger partial charge in [-0.3, -0.25) is 9.59 Å². The summed E-state index contributed by atoms with van der Waals surface area (Å²) >= 11 is 1.34. The molecule has 0 bridgehead atoms. The van der Waals surface area contributed by atoms with E-state index >= 15 is 0 Å². The number of rotatable bonds is 8. The number of carbonyl (C=O) groups is 4. The van der Waals surface area contributed by atoms with Crippen molar-refractivity contribution < 1.29 is 33.0 Å². The number of benzene rings is 1. The van der Waals surface area contributed by atoms with Gasteiger partial charge in [0.1, 0.15) is 23.2 Å². The number of alkyl carbamates (subject to hydrolysis) is 1. The predicted molar refractivity (Wildman–Crippen MR) is 177 cm³/mol. The van der Waals surface area contributed by atoms with Crippen LogP contribution in [0.2, 0.25) is 0 Å². The van der Waals surface area contributed by atoms with Crippen molar-refractivity contribution in [2.75, 3.05) is 25.6 Å². The van der Waals surface area contributed by atoms with Crippen LogP contribution >= 0.6 is 11.3 Å². The Labute approximate surface area is 274 Å². The van der Waals surface area contributed by atoms with Crippen LogP contribution < -0.4 is 10.6 Å². The van der Waals surface area contributed by atoms with Crippen molar-refractivity contribution >= 4 is 51.0 Å². The topological polar surface area (TPSA) is 114 Å². The molecule has 1 aromatic heterocycles. The molecule has 252 valence electrons. The molecule has 3 aliphatic rings. The Kier molecular flexibility index (Phi) is 10.9. The molecule has 0 unspecified atom stereocenters. The van der Waals surface area contributed by atoms with Gasteiger partial charge in [0.15, 0.2) is 0 Å². The van der Waals surface area contributed by atoms with E-state index in [0.717, 1.165) is 42.2 Å². The SMILES string of the molecule is COC(=O)c1cc2cc(NC(=O)[C@@H]3[C@H](C4CCCCC4)CCN3C(=O)[C@H]3CC[C@H]([C@@H](CF)NC(=O)OC(C)(C)C)CC3)ccc2s1. The lowest BCUT2D eigenvalue weighted by molar-refractivity contribution is -0.142. The second-order valence-corrected chi connectivity index (χ2v) is 15.3. The van der Waals surface area contributed by atoms with Crippen LogP contribution in [-0.4, -0.2) is 66.8 Å². The van der Waals surface area contributed by atoms with Crippen LogP contribution in [-0.2, 0) is 19.1 Å². The number of alkyl halides is 1. The molecule has 1 saturated heterocycles. The number of hydrogen-bond acceptors (Lipinski definition) is 7. The number of nitrogens with one attached hydrogen (secondary N) is 2. The second kappa shape index (κ2) is 14.7. The Balaban J connectivity index is 1.27. The molecular weight excluding hydrogens is 609 g/mol. The van der Waals surface area contributed by atoms with Gasteiger partial charge in [-0.1, -0.05) is 32.1 Å². The highest BCUT2D eigenvalue weighted by Gasteiger charge is 2.47. The van der Waals surface area contributed by atoms with E-state index < -0.39 is 36.4 Å². The Hall–Kier alpha value is -3.21. The Bertz CT molecular complexity index is 1410. The number of nitrogens with zero attached hydrogens (tertiary/aromatic N) is 1. The normalized spacial score (nSPS) is 24.8. The minimum atomic E-state index is -0.693. The van der Waals surface area contributed by atoms with Crippen LogP contribution in [0.1, 0.15) is 94.7 Å². The minimum absolute atomic E-state index is 0.00446. The summed E-state index contributed by atoms with van der Waals surface area (Å²) in [7, 11) is 1.35. The molecular formula is C35H48FN3O6S. The molecule has 2 N–H and O–H groups in total. The summed E-state index contributed by atoms with van der Waals surface area (Å²) in [5.74, 6) is -0.370. The number of likely N-dealkylation sites (tertiary alicyclic amines) is 1. The lowest BCUT2D eigenvalue weighted by Gasteiger charge is -2.37. The summed E-state index contributed by atoms with van der Waals surface area (Å²) < 4.78 is 25.1. The number of thiophene rings is 1. The molecule has 2 heterocycles. The molecule has 0 spiro atoms. The molecule has 1 aliphatic heterocycles. The zero-order valence-electron chi connectivity index (χ0n) is 27.4. The van der Waals surface area contributed by atoms with E-state index in [9.17, 15) is 23.6 Å². The number of methoxy groups -OCH3 is 1. The summed E-state index contributed by atoms with van der Waals surface area (Å²) in [4.78, 5) is 54.8. The quantitative estimate of drug-likeness (QED) is 0.293. The first kappa shape index (κ1) is 34.1. The highest BCUT2D eigenvalue weighted by molar-refractivity contribution is 7.20. The monoisotopic (exact) mass is 657 g/mol. The van der Waals surface area contributed by atoms with Gasteiger partial charge in [-0.15, -0.1) is 11.3 Å². The van der Waals surface area contributed by atoms with E-state index in [1.165, 1.54) is 24.9 Å². The number of anilines is 1. The molecule has 9 nitrogen and oxygen atoms in total. The lowest BCUT2D eigenvalue weighted by atomic mass is 9.76. The van der Waals surface area contributed by atoms with Crippen LogP contribution in [0.5, 0.6) is 0 Å². The Morgan fingerprint density at radius 3 is 2.37 bits per heavy atom. The summed E-state index contributed by atoms with van der Waals surface area (Å²) in [5, 5.41) is 6.65. The number of ether oxygens (including phenoxy) is 2. The third-order valence-electron chi connectivity index (χ3n) is 9.98. The van der Waals surface area contributed by atoms with Gasteiger partial charge in [0, 0.05) is 22.8 Å². The number of hydrogen-bond donors (Lipinski definition) is 2. The molecule has 1 aromatic carbocycles. The average molecular weight is 658 g/mol. The molecule has 2 saturated carbocycles. The van der Waals surface area contributed by atoms with E-state index in [0.29, 0.717) is 48.7 Å². The number of fused-ring (bicyclic) bond motifs is 1. The first-order valence-electron chi connectivity index (χ1n) is 16.8. The molecule has 0 radical (unpaired) electrons. The van der Waals surface area contributed by atoms with Gasteiger partial charge in [-0.2, -0.15) is 0 Å². The van der Waals surface area contributed by atoms with E-state index in [-0.39, 0.29) is 29.6 Å². The van der Waals surface area contributed by atoms with Gasteiger partial charge in [-0.25, -0.2) is 14.0 Å². The van der Waals surface area contributed by atoms with E-state index in [4.69, 9.17) is 9.47 Å². The lowest BCUT2D eigenvalue weighted by Crippen LogP contribution is -2.50. The smallest absolute Gasteiger partial charge is 0.407 e. The molecule has 2 aromatic rings. The van der Waals surface area contributed by atoms with Crippen molar-refractivity contribution in [3.63, 3.8) is 0 Å². The van der Waals surface area contributed by atoms with Crippen LogP contribution in [0.15, 0.2) is 24.3 Å². The van der Waals surface area contributed by atoms with Crippen molar-refractivity contribution in [2.24, 2.45) is 23.7 Å². The van der Waals surface area contributed by atoms with Crippen molar-refractivity contribution in [3.05, 3.63) is 29.1 Å². The van der Waals surface area contributed by atoms with Gasteiger partial charge in [0.25, 0.3) is 0 Å². The van der Waals surface area contributed by atoms with E-state index in [1.54, 1.807) is 26.8 Å². The molecule has 2 aliphatic carbocycles. The van der Waals surface area contributed by atoms with Gasteiger partial charge in [-0.05, 0) is 100 Å². The van der Waals surface area contributed by atoms with E-state index in [1.807, 2.05) is 23.1 Å². The molecule has 3 atom stereocenters. The van der Waals surface area contributed by atoms with Gasteiger partial charge in [0.05, 0.1) is 13.2 Å². The minimum Gasteiger partial charge on any atom is -0.465 e. The molecule has 3 fully saturated rings. The van der Waals surface area contributed by atoms with Gasteiger partial charge < -0.3 is 25.0 Å². The Morgan fingerprint density at radius 2 is 1.72 bits per heavy atom. The zero-order valence-corrected chi connectivity index (χ0v) is 28.3. The highest BCUT2D eigenvalue weighted by Crippen LogP contribution is 2.41. The predicted octanol–water partition coefficient (Wildman–Crippen LogP) is 7.09. The van der Waals surface area contributed by atoms with Crippen LogP contribution in [0.4, 0.5) is 14.9 Å². The highest BCUT2D eigenvalue weighted by atomic mass is 32.1. The maximum absolute atomic E-state index is 14.1. The first-order chi connectivity index (χ1) is 22.0. The Morgan fingerprint density at radius 1 is 1.00 bits per heavy atom. The number of carbonyl (C=O) groups excluding carboxylic acids is 4. The fraction of sp³-hybridized carbons (Fsp3) is 0.657. The summed E-state index contributed by atoms with van der Waals surface area (Å²) in [6, 6.07) is 6.15. The fourth-order valence-corrected chi connectivity index (χ4v) is 8.70. The molecule has 11 heteroatoms. The van der Waals surface area contributed by atoms with Gasteiger partial charge >= 0.3 is 12.1 Å². The van der Waals surface area contributed by atoms with Crippen molar-refractivity contribution in [2.45, 2.75) is 103 Å². The second-order valence-electron chi connectivity index (χ2n) is 14.2. The third kappa shape index (κ3) is 8.01. The maximum atomic E-state index is 14.1. The molecule has 3 amide bonds. The van der Waals surface area contributed by atoms with Crippen molar-refractivity contribution in [1.82, 2.24) is 10.2 Å². The van der Waals surface area contributed by atoms with Crippen molar-refractivity contribution in [3.8, 4) is 0 Å². The zero-order chi connectivity index (χ0) is 33.0. The largest absolute Gasteiger partial charge is 0.465 e. The number of esters is 1. The standard InChI is InChI=1S/C35H48FN3O6S/c1-35(2,3)45-34(43)38-27(20-36)22-10-12-23(13-11-22)32(41)39-17-16-26(21-8-6-5-7-9-21)30(39)31(40)37-25-14-15-28-24(18-25)19-29(46-28)33(42)44-4/h14-15,18-19,21-23,26-27,30H,5-13,16-17,20H2,1-4H3,(H,37,40)(H,38,43)/t22-,23-,26-,27+,30-/m0/s1. The van der Waals surface area contributed by atoms with Crippen LogP contribution in [0, 0.1) is 23.7 Å². The fourth-order valence-electron chi connectivity index (χ4n) is 7.74. The first-order valence-corrected chi connectivity index (χ1v) is 17.6. The third-order valence-corrected chi connectivity index (χ3v) is 11.1. The molecule has 46 heavy (non-hydrogen) atoms. The van der Waals surface area contributed by atoms with Crippen LogP contribution in [0.25, 0.3) is 10.1 Å². The van der Waals surface area contributed by atoms with E-state index in [2.05, 4.69) is 10.6 Å². The number of halogens is 1. The summed E-state index contributed by atoms with van der Waals surface area (Å²) in [5.41, 5.74) is -0.0445. The van der Waals surface area contributed by atoms with Crippen LogP contribution in [0.3, 0.4) is 0 Å². The number of amides is 3. The average Bonchev–Trinajstić information content (AvgIpc) is 3.67. The molecule has 5 rings (SSSR count). The maximum Gasteiger partial charge on any atom is 0.407 e.